The van der Waals surface area contributed by atoms with Gasteiger partial charge in [0.25, 0.3) is 12.0 Å². The standard InChI is InChI=1S/C20H18ClFN4O2.2C13H11Cl2FN2.C13H12ClFN2O.C7H6ClFN2.C7H8N2O2.C7H14O2.C3H6O2.Cl2OS/c1-11(2)14-10-24-18(13-8-12(21)4-5-16(13)22)26-19(14)25-17-6-7-23-9-15(17)20(27)28-3;2*1-7(2)10-6-17-13(18-12(10)15)9-5-8(14)3-4-11(9)16;1-7(2)10-6-16-12(17-13(10)18)9-5-8(14)3-4-11(9)15;8-4-1-2-6(9)5(3-4)7(10)11;1-11-7(10)5-4-9-3-2-6(5)8;1-4-9-7(8)5-6(2)3;1-2-5-3-4;1-4(2)3/h4-11H,1-3H3,(H,23,24,25,26);2*3-7H,1-2H3;3-7H,1-2H3,(H,16,17,18);1-3H,(H3,10,11);2-4H,1H3,(H2,8,9);6H,4-5H2,1-3H3;3H,2H2,1H3;. The lowest BCUT2D eigenvalue weighted by Gasteiger charge is -2.16. The number of halogens is 14. The Balaban J connectivity index is 0.000000371. The molecule has 0 saturated carbocycles. The molecule has 6 aromatic heterocycles. The number of ether oxygens (including phenoxy) is 4. The number of hydrogen-bond donors (Lipinski definition) is 5. The number of hydrogen-bond acceptors (Lipinski definition) is 22. The zero-order valence-corrected chi connectivity index (χ0v) is 75.6. The number of nitrogen functional groups attached to an aromatic ring is 2. The van der Waals surface area contributed by atoms with Crippen molar-refractivity contribution in [3.8, 4) is 45.6 Å². The Labute approximate surface area is 748 Å². The van der Waals surface area contributed by atoms with E-state index in [1.807, 2.05) is 76.2 Å². The Bertz CT molecular complexity index is 5300. The maximum atomic E-state index is 14.3. The van der Waals surface area contributed by atoms with Crippen LogP contribution in [0.15, 0.2) is 157 Å². The number of nitrogens with one attached hydrogen (secondary N) is 3. The highest BCUT2D eigenvalue weighted by Crippen LogP contribution is 2.34. The zero-order chi connectivity index (χ0) is 91.8. The normalized spacial score (nSPS) is 10.3. The number of esters is 3. The van der Waals surface area contributed by atoms with Gasteiger partial charge in [-0.2, -0.15) is 0 Å². The van der Waals surface area contributed by atoms with E-state index in [2.05, 4.69) is 86.0 Å². The van der Waals surface area contributed by atoms with Crippen molar-refractivity contribution in [3.05, 3.63) is 267 Å². The predicted octanol–water partition coefficient (Wildman–Crippen LogP) is 22.8. The van der Waals surface area contributed by atoms with Gasteiger partial charge in [0.1, 0.15) is 68.0 Å². The number of pyridine rings is 2. The smallest absolute Gasteiger partial charge is 0.341 e. The van der Waals surface area contributed by atoms with Gasteiger partial charge in [0.2, 0.25) is 9.23 Å². The van der Waals surface area contributed by atoms with Gasteiger partial charge in [-0.05, 0) is 147 Å². The lowest BCUT2D eigenvalue weighted by atomic mass is 10.1. The van der Waals surface area contributed by atoms with Crippen LogP contribution in [-0.4, -0.2) is 112 Å². The van der Waals surface area contributed by atoms with E-state index in [0.29, 0.717) is 95.8 Å². The fourth-order valence-corrected chi connectivity index (χ4v) is 10.9. The summed E-state index contributed by atoms with van der Waals surface area (Å²) >= 11 is 41.1. The number of benzene rings is 5. The summed E-state index contributed by atoms with van der Waals surface area (Å²) in [5, 5.41) is 12.8. The van der Waals surface area contributed by atoms with Crippen LogP contribution in [-0.2, 0) is 37.8 Å². The van der Waals surface area contributed by atoms with Crippen LogP contribution in [0.5, 0.6) is 0 Å². The highest BCUT2D eigenvalue weighted by Gasteiger charge is 2.21. The summed E-state index contributed by atoms with van der Waals surface area (Å²) in [7, 11) is 9.95. The molecule has 122 heavy (non-hydrogen) atoms. The molecule has 0 atom stereocenters. The molecule has 0 spiro atoms. The van der Waals surface area contributed by atoms with Gasteiger partial charge in [-0.1, -0.05) is 150 Å². The molecule has 652 valence electrons. The second-order valence-corrected chi connectivity index (χ2v) is 31.6. The minimum atomic E-state index is -1.67. The molecular formula is C83H86Cl9F5N14O10S. The van der Waals surface area contributed by atoms with Crippen molar-refractivity contribution in [2.75, 3.05) is 38.5 Å². The van der Waals surface area contributed by atoms with E-state index in [1.54, 1.807) is 43.8 Å². The number of H-pyrrole nitrogens is 1. The Morgan fingerprint density at radius 3 is 1.25 bits per heavy atom. The molecule has 24 nitrogen and oxygen atoms in total. The molecule has 39 heteroatoms. The van der Waals surface area contributed by atoms with Crippen molar-refractivity contribution >= 4 is 159 Å². The van der Waals surface area contributed by atoms with E-state index in [1.165, 1.54) is 130 Å². The van der Waals surface area contributed by atoms with Gasteiger partial charge >= 0.3 is 17.9 Å². The van der Waals surface area contributed by atoms with Crippen LogP contribution in [0, 0.1) is 40.4 Å². The Morgan fingerprint density at radius 1 is 0.516 bits per heavy atom. The minimum Gasteiger partial charge on any atom is -0.468 e. The quantitative estimate of drug-likeness (QED) is 0.00778. The van der Waals surface area contributed by atoms with E-state index in [4.69, 9.17) is 112 Å². The first-order valence-corrected chi connectivity index (χ1v) is 41.6. The number of nitrogens with two attached hydrogens (primary N) is 2. The zero-order valence-electron chi connectivity index (χ0n) is 68.0. The third-order valence-electron chi connectivity index (χ3n) is 15.4. The van der Waals surface area contributed by atoms with Gasteiger partial charge in [0.05, 0.1) is 60.9 Å². The van der Waals surface area contributed by atoms with E-state index in [0.717, 1.165) is 16.7 Å². The SMILES string of the molecule is CC(C)c1cnc(-c2cc(Cl)ccc2F)[nH]c1=O.CC(C)c1cnc(-c2cc(Cl)ccc2F)nc1Cl.CC(C)c1cnc(-c2cc(Cl)ccc2F)nc1Cl.CCOC(=O)CC(C)C.CCOC=O.COC(=O)c1cnccc1N.COC(=O)c1cnccc1Nc1nc(-c2cc(Cl)ccc2F)ncc1C(C)C.N=C(N)c1cc(Cl)ccc1F.O=S(Cl)Cl. The Morgan fingerprint density at radius 2 is 0.893 bits per heavy atom. The maximum Gasteiger partial charge on any atom is 0.341 e. The minimum absolute atomic E-state index is 0.0394. The van der Waals surface area contributed by atoms with E-state index in [9.17, 15) is 45.9 Å². The average molecular weight is 1890 g/mol. The molecule has 0 saturated heterocycles. The number of rotatable bonds is 18. The number of carbonyl (C=O) groups is 4. The molecule has 6 heterocycles. The summed E-state index contributed by atoms with van der Waals surface area (Å²) < 4.78 is 95.2. The first-order valence-electron chi connectivity index (χ1n) is 36.2. The fraction of sp³-hybridized carbons (Fsp3) is 0.265. The number of anilines is 3. The first-order chi connectivity index (χ1) is 57.5. The molecule has 0 aliphatic heterocycles. The van der Waals surface area contributed by atoms with Crippen molar-refractivity contribution in [2.45, 2.75) is 113 Å². The second-order valence-electron chi connectivity index (χ2n) is 26.2. The van der Waals surface area contributed by atoms with Crippen LogP contribution in [0.2, 0.25) is 35.4 Å². The molecule has 11 aromatic rings. The Kier molecular flexibility index (Phi) is 47.3. The molecule has 11 rings (SSSR count). The van der Waals surface area contributed by atoms with Gasteiger partial charge in [-0.25, -0.2) is 70.6 Å². The Hall–Kier alpha value is -10.1. The third kappa shape index (κ3) is 36.1. The van der Waals surface area contributed by atoms with Crippen LogP contribution in [0.3, 0.4) is 0 Å². The van der Waals surface area contributed by atoms with Crippen molar-refractivity contribution in [1.82, 2.24) is 49.8 Å². The average Bonchev–Trinajstić information content (AvgIpc) is 0.815. The van der Waals surface area contributed by atoms with Gasteiger partial charge in [-0.3, -0.25) is 29.8 Å². The summed E-state index contributed by atoms with van der Waals surface area (Å²) in [5.74, 6) is -1.42. The maximum absolute atomic E-state index is 14.3. The highest BCUT2D eigenvalue weighted by molar-refractivity contribution is 8.26. The summed E-state index contributed by atoms with van der Waals surface area (Å²) in [6.07, 6.45) is 12.7. The fourth-order valence-electron chi connectivity index (χ4n) is 9.37. The van der Waals surface area contributed by atoms with Crippen molar-refractivity contribution in [3.63, 3.8) is 0 Å². The van der Waals surface area contributed by atoms with Gasteiger partial charge in [-0.15, -0.1) is 0 Å². The van der Waals surface area contributed by atoms with Crippen LogP contribution in [0.4, 0.5) is 39.1 Å². The lowest BCUT2D eigenvalue weighted by Crippen LogP contribution is -2.15. The molecular weight excluding hydrogens is 1800 g/mol. The van der Waals surface area contributed by atoms with Crippen LogP contribution in [0.1, 0.15) is 162 Å². The highest BCUT2D eigenvalue weighted by atomic mass is 36.0. The first kappa shape index (κ1) is 106. The second kappa shape index (κ2) is 54.4. The number of nitrogens with zero attached hydrogens (tertiary/aromatic N) is 9. The molecule has 7 N–H and O–H groups in total. The van der Waals surface area contributed by atoms with Crippen molar-refractivity contribution in [2.24, 2.45) is 11.7 Å². The molecule has 0 radical (unpaired) electrons. The van der Waals surface area contributed by atoms with Gasteiger partial charge in [0, 0.05) is 130 Å². The number of amidine groups is 1. The summed E-state index contributed by atoms with van der Waals surface area (Å²) in [5.41, 5.74) is 15.6. The van der Waals surface area contributed by atoms with E-state index >= 15 is 0 Å². The molecule has 5 aromatic carbocycles. The summed E-state index contributed by atoms with van der Waals surface area (Å²) in [6, 6.07) is 23.9. The van der Waals surface area contributed by atoms with E-state index < -0.39 is 50.3 Å². The van der Waals surface area contributed by atoms with Gasteiger partial charge < -0.3 is 40.7 Å². The van der Waals surface area contributed by atoms with Crippen LogP contribution < -0.4 is 22.3 Å². The number of aromatic amines is 1. The number of aromatic nitrogens is 10. The lowest BCUT2D eigenvalue weighted by molar-refractivity contribution is -0.144. The molecule has 0 unspecified atom stereocenters. The molecule has 0 bridgehead atoms. The number of carbonyl (C=O) groups excluding carboxylic acids is 4. The van der Waals surface area contributed by atoms with Crippen molar-refractivity contribution < 1.29 is 64.3 Å². The largest absolute Gasteiger partial charge is 0.468 e. The van der Waals surface area contributed by atoms with Crippen molar-refractivity contribution in [1.29, 1.82) is 5.41 Å². The van der Waals surface area contributed by atoms with Crippen LogP contribution >= 0.6 is 103 Å². The summed E-state index contributed by atoms with van der Waals surface area (Å²) in [6.45, 7) is 24.7. The van der Waals surface area contributed by atoms with E-state index in [-0.39, 0.29) is 97.7 Å². The number of methoxy groups -OCH3 is 2. The van der Waals surface area contributed by atoms with Crippen LogP contribution in [0.25, 0.3) is 45.6 Å². The molecule has 0 fully saturated rings. The third-order valence-corrected chi connectivity index (χ3v) is 17.2. The predicted molar refractivity (Wildman–Crippen MR) is 474 cm³/mol. The van der Waals surface area contributed by atoms with Gasteiger partial charge in [0.15, 0.2) is 17.5 Å². The topological polar surface area (TPSA) is 359 Å². The summed E-state index contributed by atoms with van der Waals surface area (Å²) in [4.78, 5) is 94.2. The molecule has 0 aliphatic carbocycles. The molecule has 0 amide bonds. The molecule has 0 aliphatic rings. The monoisotopic (exact) mass is 1880 g/mol.